The monoisotopic (exact) mass is 444 g/mol. The molecule has 2 aliphatic rings. The predicted octanol–water partition coefficient (Wildman–Crippen LogP) is 1.96. The van der Waals surface area contributed by atoms with Gasteiger partial charge in [0, 0.05) is 37.1 Å². The summed E-state index contributed by atoms with van der Waals surface area (Å²) in [7, 11) is -2.85. The molecule has 1 aromatic carbocycles. The molecule has 4 heterocycles. The van der Waals surface area contributed by atoms with Crippen LogP contribution in [-0.2, 0) is 16.4 Å². The first-order valence-electron chi connectivity index (χ1n) is 10.2. The Bertz CT molecular complexity index is 1210. The summed E-state index contributed by atoms with van der Waals surface area (Å²) in [6.07, 6.45) is 0.746. The van der Waals surface area contributed by atoms with Crippen molar-refractivity contribution in [2.75, 3.05) is 37.7 Å². The Kier molecular flexibility index (Phi) is 5.22. The van der Waals surface area contributed by atoms with Crippen molar-refractivity contribution in [2.45, 2.75) is 19.0 Å². The minimum Gasteiger partial charge on any atom is -0.309 e. The van der Waals surface area contributed by atoms with Gasteiger partial charge in [0.15, 0.2) is 9.84 Å². The Balaban J connectivity index is 1.28. The van der Waals surface area contributed by atoms with Crippen molar-refractivity contribution in [1.29, 1.82) is 0 Å². The summed E-state index contributed by atoms with van der Waals surface area (Å²) in [5.41, 5.74) is 0.995. The zero-order chi connectivity index (χ0) is 20.7. The Labute approximate surface area is 179 Å². The summed E-state index contributed by atoms with van der Waals surface area (Å²) in [5, 5.41) is 0.634. The van der Waals surface area contributed by atoms with Crippen LogP contribution in [0.1, 0.15) is 12.2 Å². The molecule has 0 amide bonds. The largest absolute Gasteiger partial charge is 0.309 e. The number of nitrogens with zero attached hydrogens (tertiary/aromatic N) is 3. The second-order valence-electron chi connectivity index (χ2n) is 8.08. The lowest BCUT2D eigenvalue weighted by molar-refractivity contribution is 0.0984. The first-order chi connectivity index (χ1) is 14.5. The molecule has 0 radical (unpaired) electrons. The number of fused-ring (bicyclic) bond motifs is 1. The Hall–Kier alpha value is -2.07. The zero-order valence-corrected chi connectivity index (χ0v) is 18.2. The van der Waals surface area contributed by atoms with Gasteiger partial charge < -0.3 is 4.98 Å². The molecule has 158 valence electrons. The second kappa shape index (κ2) is 7.88. The van der Waals surface area contributed by atoms with Gasteiger partial charge in [-0.25, -0.2) is 13.4 Å². The van der Waals surface area contributed by atoms with Crippen LogP contribution in [0.15, 0.2) is 41.2 Å². The predicted molar refractivity (Wildman–Crippen MR) is 120 cm³/mol. The summed E-state index contributed by atoms with van der Waals surface area (Å²) in [6, 6.07) is 12.1. The SMILES string of the molecule is O=c1[nH]c(CN2CCN(C3CCS(=O)(=O)C3)CC2)nc2sc(-c3ccccc3)cc12. The van der Waals surface area contributed by atoms with Crippen LogP contribution in [0.4, 0.5) is 0 Å². The number of thiophene rings is 1. The summed E-state index contributed by atoms with van der Waals surface area (Å²) in [6.45, 7) is 3.99. The molecule has 1 unspecified atom stereocenters. The summed E-state index contributed by atoms with van der Waals surface area (Å²) in [4.78, 5) is 26.6. The maximum Gasteiger partial charge on any atom is 0.259 e. The van der Waals surface area contributed by atoms with E-state index in [2.05, 4.69) is 14.8 Å². The number of hydrogen-bond donors (Lipinski definition) is 1. The van der Waals surface area contributed by atoms with Crippen LogP contribution in [-0.4, -0.2) is 71.9 Å². The summed E-state index contributed by atoms with van der Waals surface area (Å²) >= 11 is 1.54. The maximum absolute atomic E-state index is 12.6. The van der Waals surface area contributed by atoms with Crippen LogP contribution in [0.2, 0.25) is 0 Å². The molecule has 0 spiro atoms. The van der Waals surface area contributed by atoms with Crippen molar-refractivity contribution < 1.29 is 8.42 Å². The zero-order valence-electron chi connectivity index (χ0n) is 16.6. The fourth-order valence-corrected chi connectivity index (χ4v) is 7.18. The molecule has 2 saturated heterocycles. The van der Waals surface area contributed by atoms with Gasteiger partial charge >= 0.3 is 0 Å². The van der Waals surface area contributed by atoms with Crippen LogP contribution in [0.5, 0.6) is 0 Å². The highest BCUT2D eigenvalue weighted by Gasteiger charge is 2.33. The van der Waals surface area contributed by atoms with E-state index in [9.17, 15) is 13.2 Å². The molecule has 2 fully saturated rings. The van der Waals surface area contributed by atoms with E-state index in [0.29, 0.717) is 29.3 Å². The van der Waals surface area contributed by atoms with Crippen LogP contribution >= 0.6 is 11.3 Å². The second-order valence-corrected chi connectivity index (χ2v) is 11.3. The smallest absolute Gasteiger partial charge is 0.259 e. The highest BCUT2D eigenvalue weighted by molar-refractivity contribution is 7.91. The number of piperazine rings is 1. The lowest BCUT2D eigenvalue weighted by atomic mass is 10.2. The molecule has 0 aliphatic carbocycles. The third-order valence-corrected chi connectivity index (χ3v) is 8.84. The van der Waals surface area contributed by atoms with Gasteiger partial charge in [0.05, 0.1) is 23.4 Å². The van der Waals surface area contributed by atoms with E-state index in [-0.39, 0.29) is 11.6 Å². The fourth-order valence-electron chi connectivity index (χ4n) is 4.36. The summed E-state index contributed by atoms with van der Waals surface area (Å²) < 4.78 is 23.5. The first-order valence-corrected chi connectivity index (χ1v) is 12.9. The quantitative estimate of drug-likeness (QED) is 0.662. The number of nitrogens with one attached hydrogen (secondary N) is 1. The van der Waals surface area contributed by atoms with Crippen molar-refractivity contribution >= 4 is 31.4 Å². The molecule has 2 aromatic heterocycles. The Morgan fingerprint density at radius 2 is 1.90 bits per heavy atom. The normalized spacial score (nSPS) is 22.6. The Morgan fingerprint density at radius 1 is 1.13 bits per heavy atom. The van der Waals surface area contributed by atoms with E-state index in [1.54, 1.807) is 11.3 Å². The molecule has 0 bridgehead atoms. The number of aromatic nitrogens is 2. The molecule has 5 rings (SSSR count). The molecule has 9 heteroatoms. The van der Waals surface area contributed by atoms with Gasteiger partial charge in [0.25, 0.3) is 5.56 Å². The van der Waals surface area contributed by atoms with Gasteiger partial charge in [-0.05, 0) is 18.1 Å². The maximum atomic E-state index is 12.6. The molecule has 1 N–H and O–H groups in total. The van der Waals surface area contributed by atoms with Crippen molar-refractivity contribution in [3.8, 4) is 10.4 Å². The van der Waals surface area contributed by atoms with Crippen molar-refractivity contribution in [3.63, 3.8) is 0 Å². The topological polar surface area (TPSA) is 86.4 Å². The molecular formula is C21H24N4O3S2. The summed E-state index contributed by atoms with van der Waals surface area (Å²) in [5.74, 6) is 1.29. The molecular weight excluding hydrogens is 420 g/mol. The number of benzene rings is 1. The number of rotatable bonds is 4. The van der Waals surface area contributed by atoms with Gasteiger partial charge in [-0.15, -0.1) is 11.3 Å². The van der Waals surface area contributed by atoms with Gasteiger partial charge in [-0.1, -0.05) is 30.3 Å². The van der Waals surface area contributed by atoms with Crippen LogP contribution in [0.3, 0.4) is 0 Å². The number of sulfone groups is 1. The van der Waals surface area contributed by atoms with Crippen LogP contribution < -0.4 is 5.56 Å². The minimum atomic E-state index is -2.85. The third-order valence-electron chi connectivity index (χ3n) is 6.01. The first kappa shape index (κ1) is 19.9. The van der Waals surface area contributed by atoms with Gasteiger partial charge in [0.2, 0.25) is 0 Å². The van der Waals surface area contributed by atoms with Crippen molar-refractivity contribution in [2.24, 2.45) is 0 Å². The highest BCUT2D eigenvalue weighted by atomic mass is 32.2. The average molecular weight is 445 g/mol. The van der Waals surface area contributed by atoms with E-state index in [1.807, 2.05) is 36.4 Å². The highest BCUT2D eigenvalue weighted by Crippen LogP contribution is 2.30. The average Bonchev–Trinajstić information content (AvgIpc) is 3.33. The van der Waals surface area contributed by atoms with E-state index in [1.165, 1.54) is 0 Å². The van der Waals surface area contributed by atoms with Crippen LogP contribution in [0, 0.1) is 0 Å². The van der Waals surface area contributed by atoms with Crippen molar-refractivity contribution in [3.05, 3.63) is 52.6 Å². The molecule has 1 atom stereocenters. The van der Waals surface area contributed by atoms with Crippen LogP contribution in [0.25, 0.3) is 20.7 Å². The van der Waals surface area contributed by atoms with Gasteiger partial charge in [-0.3, -0.25) is 14.6 Å². The number of H-pyrrole nitrogens is 1. The number of hydrogen-bond acceptors (Lipinski definition) is 7. The molecule has 7 nitrogen and oxygen atoms in total. The van der Waals surface area contributed by atoms with Gasteiger partial charge in [0.1, 0.15) is 10.7 Å². The Morgan fingerprint density at radius 3 is 2.60 bits per heavy atom. The lowest BCUT2D eigenvalue weighted by Crippen LogP contribution is -2.50. The molecule has 30 heavy (non-hydrogen) atoms. The van der Waals surface area contributed by atoms with E-state index in [4.69, 9.17) is 4.98 Å². The molecule has 2 aliphatic heterocycles. The minimum absolute atomic E-state index is 0.0942. The third kappa shape index (κ3) is 4.07. The van der Waals surface area contributed by atoms with E-state index >= 15 is 0 Å². The number of aromatic amines is 1. The molecule has 3 aromatic rings. The standard InChI is InChI=1S/C21H24N4O3S2/c26-20-17-12-18(15-4-2-1-3-5-15)29-21(17)23-19(22-20)13-24-7-9-25(10-8-24)16-6-11-30(27,28)14-16/h1-5,12,16H,6-11,13-14H2,(H,22,23,26). The van der Waals surface area contributed by atoms with Crippen molar-refractivity contribution in [1.82, 2.24) is 19.8 Å². The lowest BCUT2D eigenvalue weighted by Gasteiger charge is -2.37. The van der Waals surface area contributed by atoms with Gasteiger partial charge in [-0.2, -0.15) is 0 Å². The molecule has 0 saturated carbocycles. The van der Waals surface area contributed by atoms with E-state index < -0.39 is 9.84 Å². The van der Waals surface area contributed by atoms with E-state index in [0.717, 1.165) is 47.9 Å². The fraction of sp³-hybridized carbons (Fsp3) is 0.429.